The van der Waals surface area contributed by atoms with Crippen molar-refractivity contribution in [3.8, 4) is 0 Å². The third-order valence-electron chi connectivity index (χ3n) is 3.53. The first-order chi connectivity index (χ1) is 12.5. The molecule has 0 aliphatic rings. The van der Waals surface area contributed by atoms with Crippen LogP contribution in [-0.2, 0) is 0 Å². The van der Waals surface area contributed by atoms with E-state index in [1.165, 1.54) is 25.1 Å². The van der Waals surface area contributed by atoms with Crippen LogP contribution in [0.25, 0.3) is 0 Å². The molecule has 26 heavy (non-hydrogen) atoms. The van der Waals surface area contributed by atoms with Gasteiger partial charge in [-0.3, -0.25) is 9.59 Å². The first kappa shape index (κ1) is 17.2. The van der Waals surface area contributed by atoms with E-state index < -0.39 is 11.7 Å². The lowest BCUT2D eigenvalue weighted by atomic mass is 10.1. The zero-order valence-electron chi connectivity index (χ0n) is 13.9. The first-order valence-corrected chi connectivity index (χ1v) is 7.80. The molecule has 0 unspecified atom stereocenters. The Hall–Kier alpha value is -3.61. The number of amides is 1. The molecular weight excluding hydrogens is 335 g/mol. The number of carbonyl (C=O) groups is 2. The lowest BCUT2D eigenvalue weighted by Gasteiger charge is -2.07. The molecule has 1 aromatic heterocycles. The van der Waals surface area contributed by atoms with Crippen molar-refractivity contribution in [2.45, 2.75) is 6.92 Å². The Bertz CT molecular complexity index is 958. The molecule has 6 nitrogen and oxygen atoms in total. The highest BCUT2D eigenvalue weighted by atomic mass is 19.1. The monoisotopic (exact) mass is 350 g/mol. The van der Waals surface area contributed by atoms with Gasteiger partial charge < -0.3 is 10.6 Å². The fourth-order valence-corrected chi connectivity index (χ4v) is 2.25. The highest BCUT2D eigenvalue weighted by Gasteiger charge is 2.08. The van der Waals surface area contributed by atoms with E-state index in [2.05, 4.69) is 20.8 Å². The van der Waals surface area contributed by atoms with Crippen LogP contribution in [-0.4, -0.2) is 21.9 Å². The summed E-state index contributed by atoms with van der Waals surface area (Å²) in [7, 11) is 0. The van der Waals surface area contributed by atoms with Gasteiger partial charge in [-0.25, -0.2) is 4.39 Å². The molecule has 0 atom stereocenters. The van der Waals surface area contributed by atoms with E-state index in [0.717, 1.165) is 6.07 Å². The largest absolute Gasteiger partial charge is 0.339 e. The van der Waals surface area contributed by atoms with Gasteiger partial charge >= 0.3 is 0 Å². The van der Waals surface area contributed by atoms with Crippen molar-refractivity contribution < 1.29 is 14.0 Å². The summed E-state index contributed by atoms with van der Waals surface area (Å²) in [4.78, 5) is 23.5. The molecule has 130 valence electrons. The van der Waals surface area contributed by atoms with Crippen LogP contribution in [0, 0.1) is 5.82 Å². The predicted molar refractivity (Wildman–Crippen MR) is 96.1 cm³/mol. The molecular formula is C19H15FN4O2. The van der Waals surface area contributed by atoms with Crippen LogP contribution < -0.4 is 10.6 Å². The number of ketones is 1. The lowest BCUT2D eigenvalue weighted by Crippen LogP contribution is -2.13. The van der Waals surface area contributed by atoms with Crippen molar-refractivity contribution in [3.05, 3.63) is 77.6 Å². The highest BCUT2D eigenvalue weighted by Crippen LogP contribution is 2.17. The van der Waals surface area contributed by atoms with Crippen molar-refractivity contribution in [3.63, 3.8) is 0 Å². The van der Waals surface area contributed by atoms with Gasteiger partial charge in [0.1, 0.15) is 5.82 Å². The lowest BCUT2D eigenvalue weighted by molar-refractivity contribution is 0.101. The van der Waals surface area contributed by atoms with E-state index in [1.807, 2.05) is 0 Å². The second-order valence-electron chi connectivity index (χ2n) is 5.53. The molecule has 2 N–H and O–H groups in total. The summed E-state index contributed by atoms with van der Waals surface area (Å²) in [5.41, 5.74) is 1.47. The van der Waals surface area contributed by atoms with E-state index >= 15 is 0 Å². The Balaban J connectivity index is 1.68. The number of carbonyl (C=O) groups excluding carboxylic acids is 2. The molecule has 0 aliphatic heterocycles. The number of hydrogen-bond donors (Lipinski definition) is 2. The number of Topliss-reactive ketones (excluding diaryl/α,β-unsaturated/α-hetero) is 1. The fourth-order valence-electron chi connectivity index (χ4n) is 2.25. The van der Waals surface area contributed by atoms with Gasteiger partial charge in [-0.2, -0.15) is 0 Å². The van der Waals surface area contributed by atoms with E-state index in [1.54, 1.807) is 36.4 Å². The van der Waals surface area contributed by atoms with Gasteiger partial charge in [-0.05, 0) is 49.4 Å². The van der Waals surface area contributed by atoms with Crippen LogP contribution in [0.2, 0.25) is 0 Å². The number of anilines is 3. The Labute approximate surface area is 149 Å². The Morgan fingerprint density at radius 3 is 2.27 bits per heavy atom. The Morgan fingerprint density at radius 2 is 1.58 bits per heavy atom. The van der Waals surface area contributed by atoms with Crippen molar-refractivity contribution in [1.29, 1.82) is 0 Å². The molecule has 1 amide bonds. The van der Waals surface area contributed by atoms with Gasteiger partial charge in [-0.15, -0.1) is 10.2 Å². The zero-order chi connectivity index (χ0) is 18.5. The number of aromatic nitrogens is 2. The van der Waals surface area contributed by atoms with Crippen LogP contribution in [0.1, 0.15) is 27.6 Å². The molecule has 0 fully saturated rings. The maximum Gasteiger partial charge on any atom is 0.256 e. The number of halogens is 1. The molecule has 0 spiro atoms. The second-order valence-corrected chi connectivity index (χ2v) is 5.53. The second kappa shape index (κ2) is 7.52. The normalized spacial score (nSPS) is 10.2. The fraction of sp³-hybridized carbons (Fsp3) is 0.0526. The summed E-state index contributed by atoms with van der Waals surface area (Å²) in [6.07, 6.45) is 0. The molecule has 0 bridgehead atoms. The molecule has 3 rings (SSSR count). The van der Waals surface area contributed by atoms with Crippen molar-refractivity contribution >= 4 is 29.0 Å². The van der Waals surface area contributed by atoms with Crippen molar-refractivity contribution in [1.82, 2.24) is 10.2 Å². The quantitative estimate of drug-likeness (QED) is 0.684. The molecule has 0 radical (unpaired) electrons. The minimum atomic E-state index is -0.490. The third-order valence-corrected chi connectivity index (χ3v) is 3.53. The average molecular weight is 350 g/mol. The Kier molecular flexibility index (Phi) is 4.98. The van der Waals surface area contributed by atoms with Crippen LogP contribution in [0.3, 0.4) is 0 Å². The third kappa shape index (κ3) is 4.27. The minimum absolute atomic E-state index is 0.0323. The van der Waals surface area contributed by atoms with Gasteiger partial charge in [0.2, 0.25) is 0 Å². The van der Waals surface area contributed by atoms with Gasteiger partial charge in [-0.1, -0.05) is 18.2 Å². The standard InChI is InChI=1S/C19H15FN4O2/c1-12(25)13-4-3-7-16(11-13)21-17-8-9-18(24-23-17)22-19(26)14-5-2-6-15(20)10-14/h2-11H,1H3,(H,21,23)(H,22,24,26). The Morgan fingerprint density at radius 1 is 0.885 bits per heavy atom. The molecule has 1 heterocycles. The number of hydrogen-bond acceptors (Lipinski definition) is 5. The summed E-state index contributed by atoms with van der Waals surface area (Å²) in [5.74, 6) is -0.309. The molecule has 7 heteroatoms. The van der Waals surface area contributed by atoms with Gasteiger partial charge in [0.05, 0.1) is 0 Å². The molecule has 0 saturated heterocycles. The predicted octanol–water partition coefficient (Wildman–Crippen LogP) is 3.81. The molecule has 0 saturated carbocycles. The SMILES string of the molecule is CC(=O)c1cccc(Nc2ccc(NC(=O)c3cccc(F)c3)nn2)c1. The summed E-state index contributed by atoms with van der Waals surface area (Å²) in [6, 6.07) is 15.6. The number of nitrogens with zero attached hydrogens (tertiary/aromatic N) is 2. The van der Waals surface area contributed by atoms with Crippen molar-refractivity contribution in [2.75, 3.05) is 10.6 Å². The van der Waals surface area contributed by atoms with Gasteiger partial charge in [0.25, 0.3) is 5.91 Å². The average Bonchev–Trinajstić information content (AvgIpc) is 2.63. The van der Waals surface area contributed by atoms with Gasteiger partial charge in [0, 0.05) is 16.8 Å². The summed E-state index contributed by atoms with van der Waals surface area (Å²) in [5, 5.41) is 13.5. The summed E-state index contributed by atoms with van der Waals surface area (Å²) >= 11 is 0. The van der Waals surface area contributed by atoms with E-state index in [9.17, 15) is 14.0 Å². The van der Waals surface area contributed by atoms with Crippen LogP contribution in [0.5, 0.6) is 0 Å². The number of nitrogens with one attached hydrogen (secondary N) is 2. The summed E-state index contributed by atoms with van der Waals surface area (Å²) < 4.78 is 13.2. The van der Waals surface area contributed by atoms with Crippen LogP contribution in [0.15, 0.2) is 60.7 Å². The van der Waals surface area contributed by atoms with E-state index in [-0.39, 0.29) is 17.2 Å². The van der Waals surface area contributed by atoms with Crippen LogP contribution >= 0.6 is 0 Å². The van der Waals surface area contributed by atoms with Crippen LogP contribution in [0.4, 0.5) is 21.7 Å². The number of rotatable bonds is 5. The maximum atomic E-state index is 13.2. The number of benzene rings is 2. The van der Waals surface area contributed by atoms with E-state index in [4.69, 9.17) is 0 Å². The zero-order valence-corrected chi connectivity index (χ0v) is 13.9. The first-order valence-electron chi connectivity index (χ1n) is 7.80. The summed E-state index contributed by atoms with van der Waals surface area (Å²) in [6.45, 7) is 1.50. The highest BCUT2D eigenvalue weighted by molar-refractivity contribution is 6.03. The smallest absolute Gasteiger partial charge is 0.256 e. The molecule has 2 aromatic carbocycles. The maximum absolute atomic E-state index is 13.2. The molecule has 0 aliphatic carbocycles. The minimum Gasteiger partial charge on any atom is -0.339 e. The molecule has 3 aromatic rings. The van der Waals surface area contributed by atoms with E-state index in [0.29, 0.717) is 17.1 Å². The topological polar surface area (TPSA) is 84.0 Å². The van der Waals surface area contributed by atoms with Crippen molar-refractivity contribution in [2.24, 2.45) is 0 Å². The van der Waals surface area contributed by atoms with Gasteiger partial charge in [0.15, 0.2) is 17.4 Å².